The Labute approximate surface area is 105 Å². The van der Waals surface area contributed by atoms with Crippen LogP contribution < -0.4 is 11.1 Å². The van der Waals surface area contributed by atoms with Crippen LogP contribution in [0.4, 0.5) is 0 Å². The van der Waals surface area contributed by atoms with Gasteiger partial charge in [-0.3, -0.25) is 4.79 Å². The van der Waals surface area contributed by atoms with E-state index in [2.05, 4.69) is 12.2 Å². The van der Waals surface area contributed by atoms with Crippen molar-refractivity contribution in [3.05, 3.63) is 0 Å². The molecule has 0 unspecified atom stereocenters. The molecule has 2 rings (SSSR count). The fourth-order valence-corrected chi connectivity index (χ4v) is 3.30. The number of hydrogen-bond acceptors (Lipinski definition) is 2. The van der Waals surface area contributed by atoms with Gasteiger partial charge in [-0.2, -0.15) is 0 Å². The van der Waals surface area contributed by atoms with Gasteiger partial charge in [-0.25, -0.2) is 0 Å². The van der Waals surface area contributed by atoms with E-state index in [1.165, 1.54) is 25.7 Å². The smallest absolute Gasteiger partial charge is 0.220 e. The minimum absolute atomic E-state index is 0.102. The van der Waals surface area contributed by atoms with Crippen LogP contribution in [0.2, 0.25) is 0 Å². The summed E-state index contributed by atoms with van der Waals surface area (Å²) >= 11 is 0. The molecule has 0 aromatic rings. The number of carbonyl (C=O) groups is 1. The first-order chi connectivity index (χ1) is 8.15. The zero-order valence-electron chi connectivity index (χ0n) is 11.0. The van der Waals surface area contributed by atoms with Crippen LogP contribution in [0.15, 0.2) is 0 Å². The van der Waals surface area contributed by atoms with Crippen molar-refractivity contribution < 1.29 is 4.79 Å². The number of nitrogens with two attached hydrogens (primary N) is 1. The SMILES string of the molecule is CC1CCC(NC2CCC(C(N)=O)CC2)CC1. The molecular weight excluding hydrogens is 212 g/mol. The number of rotatable bonds is 3. The normalized spacial score (nSPS) is 38.9. The van der Waals surface area contributed by atoms with E-state index in [4.69, 9.17) is 5.73 Å². The Morgan fingerprint density at radius 3 is 1.88 bits per heavy atom. The van der Waals surface area contributed by atoms with Crippen molar-refractivity contribution in [3.63, 3.8) is 0 Å². The van der Waals surface area contributed by atoms with Gasteiger partial charge in [0.2, 0.25) is 5.91 Å². The van der Waals surface area contributed by atoms with Gasteiger partial charge in [0, 0.05) is 18.0 Å². The highest BCUT2D eigenvalue weighted by atomic mass is 16.1. The summed E-state index contributed by atoms with van der Waals surface area (Å²) in [5.41, 5.74) is 5.35. The van der Waals surface area contributed by atoms with Gasteiger partial charge in [0.05, 0.1) is 0 Å². The second-order valence-corrected chi connectivity index (χ2v) is 6.07. The predicted octanol–water partition coefficient (Wildman–Crippen LogP) is 2.20. The molecule has 0 aromatic carbocycles. The molecule has 98 valence electrons. The number of nitrogens with one attached hydrogen (secondary N) is 1. The molecule has 0 bridgehead atoms. The maximum absolute atomic E-state index is 11.1. The minimum atomic E-state index is -0.102. The molecule has 3 N–H and O–H groups in total. The zero-order valence-corrected chi connectivity index (χ0v) is 11.0. The maximum Gasteiger partial charge on any atom is 0.220 e. The van der Waals surface area contributed by atoms with E-state index in [0.29, 0.717) is 6.04 Å². The van der Waals surface area contributed by atoms with Gasteiger partial charge >= 0.3 is 0 Å². The van der Waals surface area contributed by atoms with Crippen molar-refractivity contribution in [3.8, 4) is 0 Å². The van der Waals surface area contributed by atoms with Crippen LogP contribution in [-0.2, 0) is 4.79 Å². The second-order valence-electron chi connectivity index (χ2n) is 6.07. The van der Waals surface area contributed by atoms with Crippen molar-refractivity contribution in [2.24, 2.45) is 17.6 Å². The van der Waals surface area contributed by atoms with Crippen LogP contribution in [0.3, 0.4) is 0 Å². The minimum Gasteiger partial charge on any atom is -0.369 e. The molecule has 2 aliphatic rings. The first-order valence-corrected chi connectivity index (χ1v) is 7.20. The quantitative estimate of drug-likeness (QED) is 0.792. The van der Waals surface area contributed by atoms with Crippen molar-refractivity contribution in [2.75, 3.05) is 0 Å². The molecule has 0 aliphatic heterocycles. The Hall–Kier alpha value is -0.570. The van der Waals surface area contributed by atoms with E-state index in [1.54, 1.807) is 0 Å². The highest BCUT2D eigenvalue weighted by Gasteiger charge is 2.27. The Morgan fingerprint density at radius 2 is 1.41 bits per heavy atom. The summed E-state index contributed by atoms with van der Waals surface area (Å²) in [5.74, 6) is 0.952. The summed E-state index contributed by atoms with van der Waals surface area (Å²) < 4.78 is 0. The molecule has 17 heavy (non-hydrogen) atoms. The highest BCUT2D eigenvalue weighted by Crippen LogP contribution is 2.27. The van der Waals surface area contributed by atoms with Gasteiger partial charge in [-0.15, -0.1) is 0 Å². The molecule has 0 atom stereocenters. The fraction of sp³-hybridized carbons (Fsp3) is 0.929. The van der Waals surface area contributed by atoms with E-state index in [-0.39, 0.29) is 11.8 Å². The summed E-state index contributed by atoms with van der Waals surface area (Å²) in [4.78, 5) is 11.1. The van der Waals surface area contributed by atoms with E-state index in [0.717, 1.165) is 37.6 Å². The Kier molecular flexibility index (Phi) is 4.43. The third-order valence-electron chi connectivity index (χ3n) is 4.62. The number of hydrogen-bond donors (Lipinski definition) is 2. The Morgan fingerprint density at radius 1 is 0.941 bits per heavy atom. The molecule has 2 fully saturated rings. The van der Waals surface area contributed by atoms with Gasteiger partial charge in [-0.1, -0.05) is 6.92 Å². The lowest BCUT2D eigenvalue weighted by Gasteiger charge is -2.34. The van der Waals surface area contributed by atoms with E-state index < -0.39 is 0 Å². The molecular formula is C14H26N2O. The van der Waals surface area contributed by atoms with Crippen molar-refractivity contribution >= 4 is 5.91 Å². The summed E-state index contributed by atoms with van der Waals surface area (Å²) in [5, 5.41) is 3.79. The summed E-state index contributed by atoms with van der Waals surface area (Å²) in [6.45, 7) is 2.36. The van der Waals surface area contributed by atoms with Crippen LogP contribution in [0.5, 0.6) is 0 Å². The maximum atomic E-state index is 11.1. The van der Waals surface area contributed by atoms with Gasteiger partial charge < -0.3 is 11.1 Å². The monoisotopic (exact) mass is 238 g/mol. The predicted molar refractivity (Wildman–Crippen MR) is 69.5 cm³/mol. The van der Waals surface area contributed by atoms with Crippen molar-refractivity contribution in [1.82, 2.24) is 5.32 Å². The van der Waals surface area contributed by atoms with E-state index in [9.17, 15) is 4.79 Å². The molecule has 3 nitrogen and oxygen atoms in total. The molecule has 1 amide bonds. The van der Waals surface area contributed by atoms with Gasteiger partial charge in [0.15, 0.2) is 0 Å². The number of primary amides is 1. The first kappa shape index (κ1) is 12.9. The molecule has 0 spiro atoms. The third kappa shape index (κ3) is 3.70. The van der Waals surface area contributed by atoms with Crippen LogP contribution >= 0.6 is 0 Å². The second kappa shape index (κ2) is 5.85. The van der Waals surface area contributed by atoms with Crippen LogP contribution in [0.1, 0.15) is 58.3 Å². The Balaban J connectivity index is 1.69. The van der Waals surface area contributed by atoms with E-state index >= 15 is 0 Å². The molecule has 0 aromatic heterocycles. The molecule has 2 aliphatic carbocycles. The number of amides is 1. The topological polar surface area (TPSA) is 55.1 Å². The molecule has 0 saturated heterocycles. The lowest BCUT2D eigenvalue weighted by molar-refractivity contribution is -0.122. The average molecular weight is 238 g/mol. The first-order valence-electron chi connectivity index (χ1n) is 7.20. The Bertz CT molecular complexity index is 251. The van der Waals surface area contributed by atoms with Gasteiger partial charge in [0.25, 0.3) is 0 Å². The van der Waals surface area contributed by atoms with Gasteiger partial charge in [-0.05, 0) is 57.3 Å². The molecule has 0 radical (unpaired) electrons. The van der Waals surface area contributed by atoms with Crippen LogP contribution in [-0.4, -0.2) is 18.0 Å². The lowest BCUT2D eigenvalue weighted by atomic mass is 9.83. The van der Waals surface area contributed by atoms with E-state index in [1.807, 2.05) is 0 Å². The summed E-state index contributed by atoms with van der Waals surface area (Å²) in [7, 11) is 0. The largest absolute Gasteiger partial charge is 0.369 e. The fourth-order valence-electron chi connectivity index (χ4n) is 3.30. The van der Waals surface area contributed by atoms with Gasteiger partial charge in [0.1, 0.15) is 0 Å². The summed E-state index contributed by atoms with van der Waals surface area (Å²) in [6, 6.07) is 1.35. The average Bonchev–Trinajstić information content (AvgIpc) is 2.33. The van der Waals surface area contributed by atoms with Crippen LogP contribution in [0, 0.1) is 11.8 Å². The standard InChI is InChI=1S/C14H26N2O/c1-10-2-6-12(7-3-10)16-13-8-4-11(5-9-13)14(15)17/h10-13,16H,2-9H2,1H3,(H2,15,17). The van der Waals surface area contributed by atoms with Crippen molar-refractivity contribution in [2.45, 2.75) is 70.4 Å². The molecule has 3 heteroatoms. The molecule has 2 saturated carbocycles. The summed E-state index contributed by atoms with van der Waals surface area (Å²) in [6.07, 6.45) is 9.61. The molecule has 0 heterocycles. The zero-order chi connectivity index (χ0) is 12.3. The lowest BCUT2D eigenvalue weighted by Crippen LogP contribution is -2.43. The number of carbonyl (C=O) groups excluding carboxylic acids is 1. The highest BCUT2D eigenvalue weighted by molar-refractivity contribution is 5.76. The van der Waals surface area contributed by atoms with Crippen molar-refractivity contribution in [1.29, 1.82) is 0 Å². The van der Waals surface area contributed by atoms with Crippen LogP contribution in [0.25, 0.3) is 0 Å². The third-order valence-corrected chi connectivity index (χ3v) is 4.62.